The van der Waals surface area contributed by atoms with Crippen LogP contribution in [-0.2, 0) is 4.79 Å². The summed E-state index contributed by atoms with van der Waals surface area (Å²) in [6.07, 6.45) is 4.57. The normalized spacial score (nSPS) is 14.9. The third kappa shape index (κ3) is 6.02. The summed E-state index contributed by atoms with van der Waals surface area (Å²) >= 11 is 0. The number of benzene rings is 1. The first kappa shape index (κ1) is 22.2. The number of hydrogen-bond acceptors (Lipinski definition) is 5. The lowest BCUT2D eigenvalue weighted by molar-refractivity contribution is -0.125. The van der Waals surface area contributed by atoms with Crippen LogP contribution in [0.4, 0.5) is 5.82 Å². The van der Waals surface area contributed by atoms with Gasteiger partial charge in [-0.2, -0.15) is 0 Å². The van der Waals surface area contributed by atoms with E-state index in [0.29, 0.717) is 0 Å². The van der Waals surface area contributed by atoms with Crippen molar-refractivity contribution in [3.05, 3.63) is 42.1 Å². The molecule has 0 bridgehead atoms. The van der Waals surface area contributed by atoms with Crippen LogP contribution in [0, 0.1) is 12.8 Å². The zero-order valence-corrected chi connectivity index (χ0v) is 18.6. The van der Waals surface area contributed by atoms with Crippen molar-refractivity contribution in [2.24, 2.45) is 5.92 Å². The molecule has 0 unspecified atom stereocenters. The highest BCUT2D eigenvalue weighted by Gasteiger charge is 2.25. The minimum absolute atomic E-state index is 0.104. The molecule has 0 spiro atoms. The molecule has 2 aromatic rings. The van der Waals surface area contributed by atoms with Gasteiger partial charge in [-0.15, -0.1) is 0 Å². The van der Waals surface area contributed by atoms with E-state index in [0.717, 1.165) is 75.7 Å². The Balaban J connectivity index is 1.48. The highest BCUT2D eigenvalue weighted by atomic mass is 16.1. The number of amides is 1. The van der Waals surface area contributed by atoms with Crippen LogP contribution in [0.2, 0.25) is 0 Å². The molecular formula is C24H35N5O. The minimum atomic E-state index is 0.104. The number of nitrogens with one attached hydrogen (secondary N) is 1. The summed E-state index contributed by atoms with van der Waals surface area (Å²) in [4.78, 5) is 26.4. The van der Waals surface area contributed by atoms with E-state index in [4.69, 9.17) is 4.98 Å². The van der Waals surface area contributed by atoms with Gasteiger partial charge in [0.15, 0.2) is 5.82 Å². The number of hydrogen-bond donors (Lipinski definition) is 1. The number of carbonyl (C=O) groups is 1. The van der Waals surface area contributed by atoms with Crippen LogP contribution < -0.4 is 10.2 Å². The van der Waals surface area contributed by atoms with Gasteiger partial charge in [-0.25, -0.2) is 9.97 Å². The Kier molecular flexibility index (Phi) is 8.20. The largest absolute Gasteiger partial charge is 0.356 e. The molecule has 162 valence electrons. The van der Waals surface area contributed by atoms with Crippen molar-refractivity contribution in [2.75, 3.05) is 44.2 Å². The molecule has 0 saturated carbocycles. The molecule has 1 fully saturated rings. The average molecular weight is 410 g/mol. The molecule has 3 rings (SSSR count). The molecule has 1 aromatic carbocycles. The Labute approximate surface area is 180 Å². The summed E-state index contributed by atoms with van der Waals surface area (Å²) in [7, 11) is 0. The number of nitrogens with zero attached hydrogens (tertiary/aromatic N) is 4. The molecule has 0 atom stereocenters. The zero-order valence-electron chi connectivity index (χ0n) is 18.6. The van der Waals surface area contributed by atoms with Crippen molar-refractivity contribution in [3.63, 3.8) is 0 Å². The molecule has 1 N–H and O–H groups in total. The van der Waals surface area contributed by atoms with Gasteiger partial charge in [0.1, 0.15) is 5.82 Å². The number of aromatic nitrogens is 2. The fourth-order valence-electron chi connectivity index (χ4n) is 4.02. The Morgan fingerprint density at radius 1 is 1.20 bits per heavy atom. The highest BCUT2D eigenvalue weighted by molar-refractivity contribution is 5.79. The smallest absolute Gasteiger partial charge is 0.223 e. The lowest BCUT2D eigenvalue weighted by Crippen LogP contribution is -2.41. The molecule has 1 aliphatic heterocycles. The van der Waals surface area contributed by atoms with Crippen LogP contribution in [0.1, 0.15) is 38.7 Å². The first-order valence-electron chi connectivity index (χ1n) is 11.3. The zero-order chi connectivity index (χ0) is 21.3. The SMILES string of the molecule is CCN(CC)CCCNC(=O)C1CCN(c2ccnc(-c3cccc(C)c3)n2)CC1. The van der Waals surface area contributed by atoms with Crippen molar-refractivity contribution in [1.82, 2.24) is 20.2 Å². The van der Waals surface area contributed by atoms with Crippen LogP contribution in [0.3, 0.4) is 0 Å². The summed E-state index contributed by atoms with van der Waals surface area (Å²) in [6.45, 7) is 12.1. The van der Waals surface area contributed by atoms with E-state index in [1.165, 1.54) is 5.56 Å². The first-order valence-corrected chi connectivity index (χ1v) is 11.3. The second-order valence-electron chi connectivity index (χ2n) is 8.04. The molecule has 1 saturated heterocycles. The predicted molar refractivity (Wildman–Crippen MR) is 123 cm³/mol. The Morgan fingerprint density at radius 3 is 2.67 bits per heavy atom. The van der Waals surface area contributed by atoms with Crippen LogP contribution in [0.25, 0.3) is 11.4 Å². The quantitative estimate of drug-likeness (QED) is 0.642. The number of anilines is 1. The maximum atomic E-state index is 12.5. The van der Waals surface area contributed by atoms with Gasteiger partial charge < -0.3 is 15.1 Å². The van der Waals surface area contributed by atoms with Gasteiger partial charge in [-0.1, -0.05) is 37.6 Å². The highest BCUT2D eigenvalue weighted by Crippen LogP contribution is 2.24. The summed E-state index contributed by atoms with van der Waals surface area (Å²) in [5.74, 6) is 2.01. The molecule has 0 radical (unpaired) electrons. The lowest BCUT2D eigenvalue weighted by Gasteiger charge is -2.32. The summed E-state index contributed by atoms with van der Waals surface area (Å²) in [6, 6.07) is 10.2. The van der Waals surface area contributed by atoms with Crippen molar-refractivity contribution < 1.29 is 4.79 Å². The van der Waals surface area contributed by atoms with E-state index < -0.39 is 0 Å². The number of carbonyl (C=O) groups excluding carboxylic acids is 1. The van der Waals surface area contributed by atoms with Gasteiger partial charge in [0.25, 0.3) is 0 Å². The second-order valence-corrected chi connectivity index (χ2v) is 8.04. The van der Waals surface area contributed by atoms with E-state index in [1.54, 1.807) is 0 Å². The Morgan fingerprint density at radius 2 is 1.97 bits per heavy atom. The third-order valence-corrected chi connectivity index (χ3v) is 5.95. The molecule has 1 aliphatic rings. The number of piperidine rings is 1. The van der Waals surface area contributed by atoms with Crippen LogP contribution in [-0.4, -0.2) is 60.0 Å². The third-order valence-electron chi connectivity index (χ3n) is 5.95. The topological polar surface area (TPSA) is 61.4 Å². The molecule has 6 heteroatoms. The van der Waals surface area contributed by atoms with Crippen LogP contribution >= 0.6 is 0 Å². The minimum Gasteiger partial charge on any atom is -0.356 e. The van der Waals surface area contributed by atoms with E-state index >= 15 is 0 Å². The van der Waals surface area contributed by atoms with Gasteiger partial charge in [0.05, 0.1) is 0 Å². The van der Waals surface area contributed by atoms with Gasteiger partial charge in [-0.3, -0.25) is 4.79 Å². The van der Waals surface area contributed by atoms with E-state index in [1.807, 2.05) is 24.4 Å². The van der Waals surface area contributed by atoms with E-state index in [9.17, 15) is 4.79 Å². The average Bonchev–Trinajstić information content (AvgIpc) is 2.79. The predicted octanol–water partition coefficient (Wildman–Crippen LogP) is 3.52. The Hall–Kier alpha value is -2.47. The summed E-state index contributed by atoms with van der Waals surface area (Å²) in [5, 5.41) is 3.14. The van der Waals surface area contributed by atoms with Crippen LogP contribution in [0.5, 0.6) is 0 Å². The molecule has 1 aromatic heterocycles. The molecular weight excluding hydrogens is 374 g/mol. The van der Waals surface area contributed by atoms with E-state index in [2.05, 4.69) is 53.0 Å². The fraction of sp³-hybridized carbons (Fsp3) is 0.542. The lowest BCUT2D eigenvalue weighted by atomic mass is 9.96. The molecule has 30 heavy (non-hydrogen) atoms. The van der Waals surface area contributed by atoms with Gasteiger partial charge in [0.2, 0.25) is 5.91 Å². The second kappa shape index (κ2) is 11.1. The van der Waals surface area contributed by atoms with Crippen LogP contribution in [0.15, 0.2) is 36.5 Å². The monoisotopic (exact) mass is 409 g/mol. The maximum Gasteiger partial charge on any atom is 0.223 e. The molecule has 0 aliphatic carbocycles. The van der Waals surface area contributed by atoms with E-state index in [-0.39, 0.29) is 11.8 Å². The molecule has 2 heterocycles. The van der Waals surface area contributed by atoms with Gasteiger partial charge in [0, 0.05) is 37.3 Å². The fourth-order valence-corrected chi connectivity index (χ4v) is 4.02. The maximum absolute atomic E-state index is 12.5. The van der Waals surface area contributed by atoms with Crippen molar-refractivity contribution in [1.29, 1.82) is 0 Å². The van der Waals surface area contributed by atoms with Crippen molar-refractivity contribution in [3.8, 4) is 11.4 Å². The summed E-state index contributed by atoms with van der Waals surface area (Å²) in [5.41, 5.74) is 2.24. The molecule has 1 amide bonds. The molecule has 6 nitrogen and oxygen atoms in total. The summed E-state index contributed by atoms with van der Waals surface area (Å²) < 4.78 is 0. The first-order chi connectivity index (χ1) is 14.6. The number of rotatable bonds is 9. The van der Waals surface area contributed by atoms with Crippen molar-refractivity contribution in [2.45, 2.75) is 40.0 Å². The number of aryl methyl sites for hydroxylation is 1. The standard InChI is InChI=1S/C24H35N5O/c1-4-28(5-2)15-7-13-26-24(30)20-11-16-29(17-12-20)22-10-14-25-23(27-22)21-9-6-8-19(3)18-21/h6,8-10,14,18,20H,4-5,7,11-13,15-17H2,1-3H3,(H,26,30). The van der Waals surface area contributed by atoms with Crippen molar-refractivity contribution >= 4 is 11.7 Å². The Bertz CT molecular complexity index is 813. The van der Waals surface area contributed by atoms with Gasteiger partial charge in [-0.05, 0) is 58.0 Å². The van der Waals surface area contributed by atoms with Gasteiger partial charge >= 0.3 is 0 Å².